The van der Waals surface area contributed by atoms with Gasteiger partial charge in [-0.2, -0.15) is 8.78 Å². The number of thioether (sulfide) groups is 1. The van der Waals surface area contributed by atoms with E-state index in [1.54, 1.807) is 37.3 Å². The average Bonchev–Trinajstić information content (AvgIpc) is 2.62. The normalized spacial score (nSPS) is 10.7. The first-order valence-corrected chi connectivity index (χ1v) is 8.95. The van der Waals surface area contributed by atoms with Crippen molar-refractivity contribution in [3.63, 3.8) is 0 Å². The van der Waals surface area contributed by atoms with E-state index in [0.29, 0.717) is 17.7 Å². The lowest BCUT2D eigenvalue weighted by Crippen LogP contribution is -2.20. The Morgan fingerprint density at radius 1 is 1.19 bits per heavy atom. The smallest absolute Gasteiger partial charge is 0.289 e. The number of nitrogens with one attached hydrogen (secondary N) is 1. The van der Waals surface area contributed by atoms with Gasteiger partial charge in [0.05, 0.1) is 15.6 Å². The average molecular weight is 400 g/mol. The molecule has 0 unspecified atom stereocenters. The SMILES string of the molecule is CCC(=O)c1ccc(OCC(=O)Nc2cccc(Cl)c2SC(F)F)cc1. The monoisotopic (exact) mass is 399 g/mol. The zero-order valence-corrected chi connectivity index (χ0v) is 15.4. The Hall–Kier alpha value is -2.12. The van der Waals surface area contributed by atoms with Crippen LogP contribution in [0.5, 0.6) is 5.75 Å². The van der Waals surface area contributed by atoms with Gasteiger partial charge in [-0.3, -0.25) is 9.59 Å². The molecule has 8 heteroatoms. The molecule has 1 amide bonds. The molecule has 0 aliphatic carbocycles. The second-order valence-electron chi connectivity index (χ2n) is 5.13. The first kappa shape index (κ1) is 20.2. The van der Waals surface area contributed by atoms with E-state index in [1.165, 1.54) is 12.1 Å². The molecule has 2 aromatic rings. The maximum Gasteiger partial charge on any atom is 0.289 e. The molecule has 0 aliphatic heterocycles. The third kappa shape index (κ3) is 5.71. The van der Waals surface area contributed by atoms with Gasteiger partial charge < -0.3 is 10.1 Å². The number of benzene rings is 2. The summed E-state index contributed by atoms with van der Waals surface area (Å²) in [5.41, 5.74) is 0.761. The van der Waals surface area contributed by atoms with E-state index >= 15 is 0 Å². The summed E-state index contributed by atoms with van der Waals surface area (Å²) in [6.07, 6.45) is 0.404. The lowest BCUT2D eigenvalue weighted by atomic mass is 10.1. The number of hydrogen-bond acceptors (Lipinski definition) is 4. The standard InChI is InChI=1S/C18H16ClF2NO3S/c1-2-15(23)11-6-8-12(9-7-11)25-10-16(24)22-14-5-3-4-13(19)17(14)26-18(20)21/h3-9,18H,2,10H2,1H3,(H,22,24). The van der Waals surface area contributed by atoms with Crippen molar-refractivity contribution in [2.45, 2.75) is 24.0 Å². The Morgan fingerprint density at radius 3 is 2.50 bits per heavy atom. The van der Waals surface area contributed by atoms with Gasteiger partial charge in [0.2, 0.25) is 0 Å². The van der Waals surface area contributed by atoms with Crippen molar-refractivity contribution in [3.8, 4) is 5.75 Å². The van der Waals surface area contributed by atoms with Crippen molar-refractivity contribution < 1.29 is 23.1 Å². The molecule has 4 nitrogen and oxygen atoms in total. The predicted octanol–water partition coefficient (Wildman–Crippen LogP) is 5.26. The minimum Gasteiger partial charge on any atom is -0.484 e. The van der Waals surface area contributed by atoms with Crippen LogP contribution in [-0.4, -0.2) is 24.1 Å². The highest BCUT2D eigenvalue weighted by Gasteiger charge is 2.15. The summed E-state index contributed by atoms with van der Waals surface area (Å²) >= 11 is 6.18. The summed E-state index contributed by atoms with van der Waals surface area (Å²) in [4.78, 5) is 23.7. The van der Waals surface area contributed by atoms with E-state index in [9.17, 15) is 18.4 Å². The maximum absolute atomic E-state index is 12.6. The highest BCUT2D eigenvalue weighted by atomic mass is 35.5. The predicted molar refractivity (Wildman–Crippen MR) is 98.5 cm³/mol. The zero-order chi connectivity index (χ0) is 19.1. The molecule has 138 valence electrons. The van der Waals surface area contributed by atoms with Crippen LogP contribution in [0.1, 0.15) is 23.7 Å². The van der Waals surface area contributed by atoms with Gasteiger partial charge in [-0.05, 0) is 36.4 Å². The lowest BCUT2D eigenvalue weighted by molar-refractivity contribution is -0.118. The van der Waals surface area contributed by atoms with Gasteiger partial charge in [0.25, 0.3) is 11.7 Å². The van der Waals surface area contributed by atoms with Crippen molar-refractivity contribution in [2.24, 2.45) is 0 Å². The molecule has 26 heavy (non-hydrogen) atoms. The molecule has 0 radical (unpaired) electrons. The molecule has 0 saturated heterocycles. The number of Topliss-reactive ketones (excluding diaryl/α,β-unsaturated/α-hetero) is 1. The topological polar surface area (TPSA) is 55.4 Å². The number of ether oxygens (including phenoxy) is 1. The fourth-order valence-electron chi connectivity index (χ4n) is 2.09. The fourth-order valence-corrected chi connectivity index (χ4v) is 3.01. The van der Waals surface area contributed by atoms with E-state index in [1.807, 2.05) is 0 Å². The molecule has 0 atom stereocenters. The van der Waals surface area contributed by atoms with Gasteiger partial charge in [0, 0.05) is 12.0 Å². The molecular weight excluding hydrogens is 384 g/mol. The number of alkyl halides is 2. The van der Waals surface area contributed by atoms with Crippen LogP contribution in [0, 0.1) is 0 Å². The fraction of sp³-hybridized carbons (Fsp3) is 0.222. The number of anilines is 1. The van der Waals surface area contributed by atoms with Crippen LogP contribution in [0.2, 0.25) is 5.02 Å². The number of ketones is 1. The Balaban J connectivity index is 1.97. The van der Waals surface area contributed by atoms with E-state index in [2.05, 4.69) is 5.32 Å². The summed E-state index contributed by atoms with van der Waals surface area (Å²) in [6.45, 7) is 1.46. The van der Waals surface area contributed by atoms with E-state index in [-0.39, 0.29) is 39.8 Å². The van der Waals surface area contributed by atoms with Crippen LogP contribution < -0.4 is 10.1 Å². The molecule has 0 fully saturated rings. The van der Waals surface area contributed by atoms with Crippen LogP contribution in [0.25, 0.3) is 0 Å². The third-order valence-electron chi connectivity index (χ3n) is 3.32. The largest absolute Gasteiger partial charge is 0.484 e. The number of carbonyl (C=O) groups excluding carboxylic acids is 2. The number of hydrogen-bond donors (Lipinski definition) is 1. The Kier molecular flexibility index (Phi) is 7.41. The van der Waals surface area contributed by atoms with E-state index in [4.69, 9.17) is 16.3 Å². The minimum atomic E-state index is -2.66. The number of amides is 1. The molecular formula is C18H16ClF2NO3S. The molecule has 0 heterocycles. The van der Waals surface area contributed by atoms with Gasteiger partial charge in [-0.1, -0.05) is 36.4 Å². The Labute approximate surface area is 158 Å². The summed E-state index contributed by atoms with van der Waals surface area (Å²) in [5, 5.41) is 2.64. The first-order valence-electron chi connectivity index (χ1n) is 7.70. The van der Waals surface area contributed by atoms with E-state index < -0.39 is 11.7 Å². The van der Waals surface area contributed by atoms with Crippen LogP contribution >= 0.6 is 23.4 Å². The van der Waals surface area contributed by atoms with Crippen molar-refractivity contribution in [1.29, 1.82) is 0 Å². The highest BCUT2D eigenvalue weighted by Crippen LogP contribution is 2.37. The van der Waals surface area contributed by atoms with Crippen LogP contribution in [-0.2, 0) is 4.79 Å². The minimum absolute atomic E-state index is 0.0132. The van der Waals surface area contributed by atoms with Gasteiger partial charge in [0.15, 0.2) is 12.4 Å². The van der Waals surface area contributed by atoms with Crippen molar-refractivity contribution in [3.05, 3.63) is 53.1 Å². The molecule has 0 bridgehead atoms. The number of carbonyl (C=O) groups is 2. The first-order chi connectivity index (χ1) is 12.4. The Morgan fingerprint density at radius 2 is 1.88 bits per heavy atom. The van der Waals surface area contributed by atoms with Gasteiger partial charge >= 0.3 is 0 Å². The summed E-state index contributed by atoms with van der Waals surface area (Å²) in [7, 11) is 0. The summed E-state index contributed by atoms with van der Waals surface area (Å²) < 4.78 is 30.6. The highest BCUT2D eigenvalue weighted by molar-refractivity contribution is 7.99. The van der Waals surface area contributed by atoms with Gasteiger partial charge in [-0.15, -0.1) is 0 Å². The molecule has 0 spiro atoms. The zero-order valence-electron chi connectivity index (χ0n) is 13.8. The van der Waals surface area contributed by atoms with Crippen molar-refractivity contribution in [2.75, 3.05) is 11.9 Å². The molecule has 1 N–H and O–H groups in total. The summed E-state index contributed by atoms with van der Waals surface area (Å²) in [6, 6.07) is 10.9. The molecule has 2 aromatic carbocycles. The quantitative estimate of drug-likeness (QED) is 0.485. The molecule has 0 aromatic heterocycles. The van der Waals surface area contributed by atoms with Gasteiger partial charge in [0.1, 0.15) is 5.75 Å². The second-order valence-corrected chi connectivity index (χ2v) is 6.54. The third-order valence-corrected chi connectivity index (χ3v) is 4.60. The van der Waals surface area contributed by atoms with Crippen LogP contribution in [0.15, 0.2) is 47.4 Å². The van der Waals surface area contributed by atoms with Gasteiger partial charge in [-0.25, -0.2) is 0 Å². The second kappa shape index (κ2) is 9.54. The molecule has 0 aliphatic rings. The molecule has 2 rings (SSSR count). The van der Waals surface area contributed by atoms with E-state index in [0.717, 1.165) is 0 Å². The van der Waals surface area contributed by atoms with Crippen LogP contribution in [0.4, 0.5) is 14.5 Å². The van der Waals surface area contributed by atoms with Crippen molar-refractivity contribution >= 4 is 40.7 Å². The number of halogens is 3. The lowest BCUT2D eigenvalue weighted by Gasteiger charge is -2.12. The summed E-state index contributed by atoms with van der Waals surface area (Å²) in [5.74, 6) is -2.75. The molecule has 0 saturated carbocycles. The van der Waals surface area contributed by atoms with Crippen LogP contribution in [0.3, 0.4) is 0 Å². The number of rotatable bonds is 8. The van der Waals surface area contributed by atoms with Crippen molar-refractivity contribution in [1.82, 2.24) is 0 Å². The Bertz CT molecular complexity index is 785. The maximum atomic E-state index is 12.6.